The first-order chi connectivity index (χ1) is 7.66. The van der Waals surface area contributed by atoms with E-state index in [9.17, 15) is 0 Å². The Kier molecular flexibility index (Phi) is 3.27. The second kappa shape index (κ2) is 4.68. The number of ether oxygens (including phenoxy) is 1. The number of hydrogen-bond acceptors (Lipinski definition) is 3. The largest absolute Gasteiger partial charge is 0.454 e. The molecule has 82 valence electrons. The third kappa shape index (κ3) is 2.43. The van der Waals surface area contributed by atoms with Gasteiger partial charge in [-0.3, -0.25) is 0 Å². The van der Waals surface area contributed by atoms with Crippen molar-refractivity contribution < 1.29 is 4.74 Å². The Balaban J connectivity index is 2.34. The summed E-state index contributed by atoms with van der Waals surface area (Å²) >= 11 is 11.6. The Bertz CT molecular complexity index is 517. The standard InChI is InChI=1S/C11H8Cl2N2O/c1-7-4-2-3-5-8(7)16-9-6-10(12)14-15-11(9)13/h2-6H,1H3. The van der Waals surface area contributed by atoms with E-state index in [-0.39, 0.29) is 10.3 Å². The van der Waals surface area contributed by atoms with Crippen LogP contribution in [0.1, 0.15) is 5.56 Å². The summed E-state index contributed by atoms with van der Waals surface area (Å²) in [5.74, 6) is 1.12. The SMILES string of the molecule is Cc1ccccc1Oc1cc(Cl)nnc1Cl. The highest BCUT2D eigenvalue weighted by Gasteiger charge is 2.07. The molecule has 1 aromatic carbocycles. The van der Waals surface area contributed by atoms with Gasteiger partial charge in [0.15, 0.2) is 16.1 Å². The molecule has 2 rings (SSSR count). The summed E-state index contributed by atoms with van der Waals surface area (Å²) in [6.07, 6.45) is 0. The molecule has 2 aromatic rings. The average Bonchev–Trinajstić information content (AvgIpc) is 2.27. The minimum absolute atomic E-state index is 0.188. The lowest BCUT2D eigenvalue weighted by molar-refractivity contribution is 0.475. The molecule has 0 aliphatic carbocycles. The van der Waals surface area contributed by atoms with Gasteiger partial charge in [-0.25, -0.2) is 0 Å². The smallest absolute Gasteiger partial charge is 0.194 e. The van der Waals surface area contributed by atoms with Crippen molar-refractivity contribution in [3.63, 3.8) is 0 Å². The van der Waals surface area contributed by atoms with Gasteiger partial charge in [0, 0.05) is 6.07 Å². The maximum atomic E-state index is 5.84. The van der Waals surface area contributed by atoms with Gasteiger partial charge in [-0.05, 0) is 18.6 Å². The summed E-state index contributed by atoms with van der Waals surface area (Å²) in [5.41, 5.74) is 1.01. The maximum Gasteiger partial charge on any atom is 0.194 e. The third-order valence-electron chi connectivity index (χ3n) is 2.00. The van der Waals surface area contributed by atoms with Crippen molar-refractivity contribution in [2.45, 2.75) is 6.92 Å². The number of hydrogen-bond donors (Lipinski definition) is 0. The van der Waals surface area contributed by atoms with Gasteiger partial charge in [0.25, 0.3) is 0 Å². The van der Waals surface area contributed by atoms with E-state index in [1.165, 1.54) is 6.07 Å². The number of aryl methyl sites for hydroxylation is 1. The molecule has 0 N–H and O–H groups in total. The zero-order valence-corrected chi connectivity index (χ0v) is 9.96. The first-order valence-corrected chi connectivity index (χ1v) is 5.34. The Morgan fingerprint density at radius 2 is 1.81 bits per heavy atom. The van der Waals surface area contributed by atoms with Crippen LogP contribution in [-0.2, 0) is 0 Å². The quantitative estimate of drug-likeness (QED) is 0.816. The first-order valence-electron chi connectivity index (χ1n) is 4.59. The van der Waals surface area contributed by atoms with Gasteiger partial charge in [-0.1, -0.05) is 41.4 Å². The second-order valence-corrected chi connectivity index (χ2v) is 3.93. The normalized spacial score (nSPS) is 10.2. The van der Waals surface area contributed by atoms with Crippen molar-refractivity contribution in [1.29, 1.82) is 0 Å². The fraction of sp³-hybridized carbons (Fsp3) is 0.0909. The Labute approximate surface area is 103 Å². The van der Waals surface area contributed by atoms with Crippen LogP contribution in [0.4, 0.5) is 0 Å². The van der Waals surface area contributed by atoms with Crippen LogP contribution in [0.5, 0.6) is 11.5 Å². The van der Waals surface area contributed by atoms with Crippen molar-refractivity contribution in [2.24, 2.45) is 0 Å². The van der Waals surface area contributed by atoms with Crippen molar-refractivity contribution in [3.8, 4) is 11.5 Å². The van der Waals surface area contributed by atoms with Crippen LogP contribution in [0.15, 0.2) is 30.3 Å². The van der Waals surface area contributed by atoms with Gasteiger partial charge in [-0.2, -0.15) is 0 Å². The maximum absolute atomic E-state index is 5.84. The third-order valence-corrected chi connectivity index (χ3v) is 2.45. The average molecular weight is 255 g/mol. The van der Waals surface area contributed by atoms with E-state index in [1.807, 2.05) is 31.2 Å². The summed E-state index contributed by atoms with van der Waals surface area (Å²) < 4.78 is 5.60. The molecule has 16 heavy (non-hydrogen) atoms. The van der Waals surface area contributed by atoms with Crippen molar-refractivity contribution >= 4 is 23.2 Å². The van der Waals surface area contributed by atoms with E-state index in [0.29, 0.717) is 11.5 Å². The summed E-state index contributed by atoms with van der Waals surface area (Å²) in [6, 6.07) is 9.14. The molecule has 0 radical (unpaired) electrons. The van der Waals surface area contributed by atoms with Crippen molar-refractivity contribution in [2.75, 3.05) is 0 Å². The van der Waals surface area contributed by atoms with E-state index >= 15 is 0 Å². The molecule has 0 bridgehead atoms. The van der Waals surface area contributed by atoms with Crippen LogP contribution in [0.25, 0.3) is 0 Å². The molecule has 0 saturated heterocycles. The summed E-state index contributed by atoms with van der Waals surface area (Å²) in [7, 11) is 0. The lowest BCUT2D eigenvalue weighted by Gasteiger charge is -2.08. The lowest BCUT2D eigenvalue weighted by atomic mass is 10.2. The second-order valence-electron chi connectivity index (χ2n) is 3.19. The van der Waals surface area contributed by atoms with Gasteiger partial charge in [0.05, 0.1) is 0 Å². The molecular weight excluding hydrogens is 247 g/mol. The molecule has 0 saturated carbocycles. The Morgan fingerprint density at radius 3 is 2.56 bits per heavy atom. The van der Waals surface area contributed by atoms with E-state index in [2.05, 4.69) is 10.2 Å². The van der Waals surface area contributed by atoms with Gasteiger partial charge in [0.2, 0.25) is 0 Å². The fourth-order valence-corrected chi connectivity index (χ4v) is 1.47. The van der Waals surface area contributed by atoms with Crippen molar-refractivity contribution in [3.05, 3.63) is 46.2 Å². The first kappa shape index (κ1) is 11.2. The molecule has 0 amide bonds. The number of halogens is 2. The predicted molar refractivity (Wildman–Crippen MR) is 63.3 cm³/mol. The van der Waals surface area contributed by atoms with E-state index in [0.717, 1.165) is 5.56 Å². The monoisotopic (exact) mass is 254 g/mol. The molecule has 5 heteroatoms. The van der Waals surface area contributed by atoms with Gasteiger partial charge in [0.1, 0.15) is 5.75 Å². The minimum atomic E-state index is 0.188. The highest BCUT2D eigenvalue weighted by molar-refractivity contribution is 6.32. The topological polar surface area (TPSA) is 35.0 Å². The van der Waals surface area contributed by atoms with Crippen LogP contribution in [0.2, 0.25) is 10.3 Å². The Morgan fingerprint density at radius 1 is 1.06 bits per heavy atom. The summed E-state index contributed by atoms with van der Waals surface area (Å²) in [5, 5.41) is 7.70. The predicted octanol–water partition coefficient (Wildman–Crippen LogP) is 3.88. The van der Waals surface area contributed by atoms with Crippen LogP contribution in [0, 0.1) is 6.92 Å². The number of benzene rings is 1. The molecule has 0 atom stereocenters. The van der Waals surface area contributed by atoms with Gasteiger partial charge < -0.3 is 4.74 Å². The molecule has 3 nitrogen and oxygen atoms in total. The number of aromatic nitrogens is 2. The zero-order chi connectivity index (χ0) is 11.5. The van der Waals surface area contributed by atoms with Gasteiger partial charge in [-0.15, -0.1) is 10.2 Å². The van der Waals surface area contributed by atoms with Crippen molar-refractivity contribution in [1.82, 2.24) is 10.2 Å². The van der Waals surface area contributed by atoms with Crippen LogP contribution in [-0.4, -0.2) is 10.2 Å². The summed E-state index contributed by atoms with van der Waals surface area (Å²) in [6.45, 7) is 1.94. The number of rotatable bonds is 2. The lowest BCUT2D eigenvalue weighted by Crippen LogP contribution is -1.91. The fourth-order valence-electron chi connectivity index (χ4n) is 1.20. The van der Waals surface area contributed by atoms with Crippen LogP contribution >= 0.6 is 23.2 Å². The van der Waals surface area contributed by atoms with Crippen LogP contribution in [0.3, 0.4) is 0 Å². The molecule has 0 fully saturated rings. The highest BCUT2D eigenvalue weighted by atomic mass is 35.5. The van der Waals surface area contributed by atoms with E-state index in [4.69, 9.17) is 27.9 Å². The highest BCUT2D eigenvalue weighted by Crippen LogP contribution is 2.30. The Hall–Kier alpha value is -1.32. The summed E-state index contributed by atoms with van der Waals surface area (Å²) in [4.78, 5) is 0. The molecule has 1 aromatic heterocycles. The molecule has 0 spiro atoms. The zero-order valence-electron chi connectivity index (χ0n) is 8.45. The minimum Gasteiger partial charge on any atom is -0.454 e. The molecular formula is C11H8Cl2N2O. The van der Waals surface area contributed by atoms with Gasteiger partial charge >= 0.3 is 0 Å². The van der Waals surface area contributed by atoms with E-state index < -0.39 is 0 Å². The number of para-hydroxylation sites is 1. The molecule has 0 unspecified atom stereocenters. The van der Waals surface area contributed by atoms with E-state index in [1.54, 1.807) is 0 Å². The molecule has 0 aliphatic heterocycles. The number of nitrogens with zero attached hydrogens (tertiary/aromatic N) is 2. The molecule has 0 aliphatic rings. The van der Waals surface area contributed by atoms with Crippen LogP contribution < -0.4 is 4.74 Å². The molecule has 1 heterocycles.